The van der Waals surface area contributed by atoms with Gasteiger partial charge in [0.2, 0.25) is 11.8 Å². The highest BCUT2D eigenvalue weighted by molar-refractivity contribution is 7.99. The van der Waals surface area contributed by atoms with Crippen LogP contribution in [0.4, 0.5) is 11.5 Å². The molecule has 0 radical (unpaired) electrons. The molecule has 186 valence electrons. The molecule has 1 atom stereocenters. The molecule has 1 unspecified atom stereocenters. The average Bonchev–Trinajstić information content (AvgIpc) is 3.43. The quantitative estimate of drug-likeness (QED) is 0.327. The Hall–Kier alpha value is -3.14. The first kappa shape index (κ1) is 25.0. The lowest BCUT2D eigenvalue weighted by atomic mass is 10.1. The summed E-state index contributed by atoms with van der Waals surface area (Å²) in [5.41, 5.74) is 3.91. The number of hydrogen-bond acceptors (Lipinski definition) is 7. The Bertz CT molecular complexity index is 1230. The summed E-state index contributed by atoms with van der Waals surface area (Å²) in [5, 5.41) is 12.4. The van der Waals surface area contributed by atoms with Crippen molar-refractivity contribution >= 4 is 46.1 Å². The highest BCUT2D eigenvalue weighted by Gasteiger charge is 2.35. The van der Waals surface area contributed by atoms with Crippen LogP contribution in [0, 0.1) is 19.8 Å². The molecule has 3 heterocycles. The molecular weight excluding hydrogens is 462 g/mol. The van der Waals surface area contributed by atoms with Gasteiger partial charge in [0.05, 0.1) is 24.0 Å². The predicted octanol–water partition coefficient (Wildman–Crippen LogP) is 3.55. The van der Waals surface area contributed by atoms with Gasteiger partial charge in [-0.3, -0.25) is 9.59 Å². The van der Waals surface area contributed by atoms with Crippen LogP contribution in [-0.4, -0.2) is 56.9 Å². The smallest absolute Gasteiger partial charge is 0.227 e. The molecule has 2 amide bonds. The van der Waals surface area contributed by atoms with Crippen LogP contribution >= 0.6 is 11.8 Å². The van der Waals surface area contributed by atoms with E-state index in [1.165, 1.54) is 5.56 Å². The number of amides is 2. The first-order valence-electron chi connectivity index (χ1n) is 12.2. The largest absolute Gasteiger partial charge is 0.369 e. The van der Waals surface area contributed by atoms with Gasteiger partial charge in [0.15, 0.2) is 10.8 Å². The summed E-state index contributed by atoms with van der Waals surface area (Å²) in [5.74, 6) is 1.18. The second kappa shape index (κ2) is 11.1. The Balaban J connectivity index is 1.39. The third-order valence-electron chi connectivity index (χ3n) is 6.21. The SMILES string of the molecule is CCCNc1nc(SCC)nc2c1cnn2CCNC(=O)C1CC(=O)N(c2ccc(C)c(C)c2)C1. The third-order valence-corrected chi connectivity index (χ3v) is 6.94. The van der Waals surface area contributed by atoms with Gasteiger partial charge >= 0.3 is 0 Å². The van der Waals surface area contributed by atoms with Crippen LogP contribution in [0.3, 0.4) is 0 Å². The van der Waals surface area contributed by atoms with Gasteiger partial charge in [-0.25, -0.2) is 14.6 Å². The molecule has 0 aliphatic carbocycles. The number of carbonyl (C=O) groups excluding carboxylic acids is 2. The van der Waals surface area contributed by atoms with Gasteiger partial charge in [0, 0.05) is 31.7 Å². The Kier molecular flexibility index (Phi) is 7.90. The number of nitrogens with one attached hydrogen (secondary N) is 2. The summed E-state index contributed by atoms with van der Waals surface area (Å²) in [4.78, 5) is 36.5. The Morgan fingerprint density at radius 3 is 2.74 bits per heavy atom. The lowest BCUT2D eigenvalue weighted by molar-refractivity contribution is -0.126. The fraction of sp³-hybridized carbons (Fsp3) is 0.480. The van der Waals surface area contributed by atoms with E-state index in [4.69, 9.17) is 0 Å². The van der Waals surface area contributed by atoms with Gasteiger partial charge in [-0.2, -0.15) is 5.10 Å². The fourth-order valence-corrected chi connectivity index (χ4v) is 4.69. The van der Waals surface area contributed by atoms with Crippen molar-refractivity contribution in [2.75, 3.05) is 35.6 Å². The maximum Gasteiger partial charge on any atom is 0.227 e. The molecule has 2 aromatic heterocycles. The van der Waals surface area contributed by atoms with E-state index in [0.29, 0.717) is 24.8 Å². The van der Waals surface area contributed by atoms with Crippen LogP contribution < -0.4 is 15.5 Å². The maximum absolute atomic E-state index is 12.8. The second-order valence-corrected chi connectivity index (χ2v) is 10.0. The number of nitrogens with zero attached hydrogens (tertiary/aromatic N) is 5. The van der Waals surface area contributed by atoms with E-state index in [1.54, 1.807) is 27.5 Å². The van der Waals surface area contributed by atoms with E-state index in [-0.39, 0.29) is 24.2 Å². The Morgan fingerprint density at radius 2 is 2.00 bits per heavy atom. The standard InChI is InChI=1S/C25H33N7O2S/c1-5-9-26-22-20-14-28-32(23(20)30-25(29-22)35-6-2)11-10-27-24(34)18-13-21(33)31(15-18)19-8-7-16(3)17(4)12-19/h7-8,12,14,18H,5-6,9-11,13,15H2,1-4H3,(H,27,34)(H,26,29,30). The predicted molar refractivity (Wildman–Crippen MR) is 140 cm³/mol. The molecular formula is C25H33N7O2S. The molecule has 1 aliphatic heterocycles. The van der Waals surface area contributed by atoms with Crippen LogP contribution in [0.5, 0.6) is 0 Å². The summed E-state index contributed by atoms with van der Waals surface area (Å²) < 4.78 is 1.80. The molecule has 0 spiro atoms. The van der Waals surface area contributed by atoms with E-state index in [9.17, 15) is 9.59 Å². The highest BCUT2D eigenvalue weighted by Crippen LogP contribution is 2.27. The number of thioether (sulfide) groups is 1. The van der Waals surface area contributed by atoms with Crippen molar-refractivity contribution in [3.63, 3.8) is 0 Å². The summed E-state index contributed by atoms with van der Waals surface area (Å²) in [6.07, 6.45) is 2.99. The summed E-state index contributed by atoms with van der Waals surface area (Å²) in [6.45, 7) is 10.4. The first-order valence-corrected chi connectivity index (χ1v) is 13.1. The van der Waals surface area contributed by atoms with Crippen molar-refractivity contribution in [3.8, 4) is 0 Å². The number of carbonyl (C=O) groups is 2. The number of aromatic nitrogens is 4. The van der Waals surface area contributed by atoms with Crippen molar-refractivity contribution in [2.24, 2.45) is 5.92 Å². The zero-order valence-corrected chi connectivity index (χ0v) is 21.6. The molecule has 1 aliphatic rings. The van der Waals surface area contributed by atoms with Crippen molar-refractivity contribution in [1.29, 1.82) is 0 Å². The number of anilines is 2. The van der Waals surface area contributed by atoms with Crippen molar-refractivity contribution < 1.29 is 9.59 Å². The van der Waals surface area contributed by atoms with Crippen LogP contribution in [0.1, 0.15) is 37.8 Å². The van der Waals surface area contributed by atoms with E-state index in [1.807, 2.05) is 32.0 Å². The first-order chi connectivity index (χ1) is 16.9. The molecule has 3 aromatic rings. The Labute approximate surface area is 210 Å². The highest BCUT2D eigenvalue weighted by atomic mass is 32.2. The van der Waals surface area contributed by atoms with Gasteiger partial charge in [-0.15, -0.1) is 0 Å². The lowest BCUT2D eigenvalue weighted by Crippen LogP contribution is -2.35. The summed E-state index contributed by atoms with van der Waals surface area (Å²) >= 11 is 1.59. The molecule has 35 heavy (non-hydrogen) atoms. The van der Waals surface area contributed by atoms with E-state index in [2.05, 4.69) is 39.5 Å². The fourth-order valence-electron chi connectivity index (χ4n) is 4.13. The van der Waals surface area contributed by atoms with Crippen LogP contribution in [0.2, 0.25) is 0 Å². The molecule has 0 saturated carbocycles. The van der Waals surface area contributed by atoms with Crippen molar-refractivity contribution in [2.45, 2.75) is 52.2 Å². The number of hydrogen-bond donors (Lipinski definition) is 2. The number of rotatable bonds is 10. The van der Waals surface area contributed by atoms with E-state index >= 15 is 0 Å². The normalized spacial score (nSPS) is 15.7. The summed E-state index contributed by atoms with van der Waals surface area (Å²) in [6, 6.07) is 5.96. The van der Waals surface area contributed by atoms with Gasteiger partial charge < -0.3 is 15.5 Å². The van der Waals surface area contributed by atoms with Crippen molar-refractivity contribution in [1.82, 2.24) is 25.1 Å². The van der Waals surface area contributed by atoms with Gasteiger partial charge in [0.25, 0.3) is 0 Å². The average molecular weight is 496 g/mol. The molecule has 2 N–H and O–H groups in total. The minimum atomic E-state index is -0.363. The van der Waals surface area contributed by atoms with Gasteiger partial charge in [-0.1, -0.05) is 31.7 Å². The van der Waals surface area contributed by atoms with Crippen molar-refractivity contribution in [3.05, 3.63) is 35.5 Å². The van der Waals surface area contributed by atoms with Crippen LogP contribution in [0.15, 0.2) is 29.6 Å². The number of benzene rings is 1. The second-order valence-electron chi connectivity index (χ2n) is 8.78. The third kappa shape index (κ3) is 5.58. The number of fused-ring (bicyclic) bond motifs is 1. The molecule has 9 nitrogen and oxygen atoms in total. The monoisotopic (exact) mass is 495 g/mol. The van der Waals surface area contributed by atoms with Gasteiger partial charge in [0.1, 0.15) is 5.82 Å². The Morgan fingerprint density at radius 1 is 1.17 bits per heavy atom. The molecule has 10 heteroatoms. The molecule has 0 bridgehead atoms. The van der Waals surface area contributed by atoms with Gasteiger partial charge in [-0.05, 0) is 49.3 Å². The minimum Gasteiger partial charge on any atom is -0.369 e. The molecule has 4 rings (SSSR count). The van der Waals surface area contributed by atoms with E-state index in [0.717, 1.165) is 46.8 Å². The maximum atomic E-state index is 12.8. The zero-order valence-electron chi connectivity index (χ0n) is 20.8. The number of aryl methyl sites for hydroxylation is 2. The van der Waals surface area contributed by atoms with Crippen LogP contribution in [-0.2, 0) is 16.1 Å². The van der Waals surface area contributed by atoms with Crippen LogP contribution in [0.25, 0.3) is 11.0 Å². The summed E-state index contributed by atoms with van der Waals surface area (Å²) in [7, 11) is 0. The minimum absolute atomic E-state index is 0.0174. The van der Waals surface area contributed by atoms with E-state index < -0.39 is 0 Å². The molecule has 1 saturated heterocycles. The topological polar surface area (TPSA) is 105 Å². The zero-order chi connectivity index (χ0) is 24.9. The molecule has 1 aromatic carbocycles. The lowest BCUT2D eigenvalue weighted by Gasteiger charge is -2.18. The molecule has 1 fully saturated rings.